The summed E-state index contributed by atoms with van der Waals surface area (Å²) in [5, 5.41) is 46.5. The van der Waals surface area contributed by atoms with Crippen molar-refractivity contribution in [2.75, 3.05) is 44.4 Å². The van der Waals surface area contributed by atoms with Crippen LogP contribution in [0, 0.1) is 5.41 Å². The van der Waals surface area contributed by atoms with Crippen LogP contribution in [0.5, 0.6) is 0 Å². The molecule has 11 atom stereocenters. The fourth-order valence-electron chi connectivity index (χ4n) is 8.68. The van der Waals surface area contributed by atoms with E-state index >= 15 is 0 Å². The van der Waals surface area contributed by atoms with Crippen molar-refractivity contribution in [3.63, 3.8) is 0 Å². The molecule has 0 bridgehead atoms. The molecule has 0 spiro atoms. The van der Waals surface area contributed by atoms with E-state index in [0.29, 0.717) is 18.8 Å². The number of nitrogen functional groups attached to an aromatic ring is 1. The number of nitrogens with one attached hydrogen (secondary N) is 2. The van der Waals surface area contributed by atoms with Gasteiger partial charge in [-0.1, -0.05) is 122 Å². The number of imidazole rings is 1. The highest BCUT2D eigenvalue weighted by Gasteiger charge is 2.50. The summed E-state index contributed by atoms with van der Waals surface area (Å²) in [7, 11) is -16.4. The van der Waals surface area contributed by atoms with Crippen molar-refractivity contribution in [2.24, 2.45) is 5.41 Å². The van der Waals surface area contributed by atoms with Gasteiger partial charge < -0.3 is 70.6 Å². The SMILES string of the molecule is C[C@@H]1O[C@@H](OCCCCCCCCCCCCCCCCCCCC(=O)SCCNC(=O)CCNC(=O)[C@H](O)C(C)(C)COP(=O)(O)OP(=O)(O)OC[C@H]2O[C@@H](n3cnc4c(N)ncnc43)[C@H](O)[C@@H]2OP(=O)(O)O)[C@H](O)C[C@H]1O. The van der Waals surface area contributed by atoms with Crippen LogP contribution in [-0.2, 0) is 60.2 Å². The minimum Gasteiger partial charge on any atom is -0.390 e. The minimum atomic E-state index is -5.59. The van der Waals surface area contributed by atoms with Gasteiger partial charge in [0.2, 0.25) is 11.8 Å². The number of carbonyl (C=O) groups is 3. The highest BCUT2D eigenvalue weighted by molar-refractivity contribution is 8.13. The molecular formula is C47H84N7O21P3S. The van der Waals surface area contributed by atoms with Crippen molar-refractivity contribution in [1.29, 1.82) is 0 Å². The van der Waals surface area contributed by atoms with Gasteiger partial charge >= 0.3 is 23.5 Å². The maximum atomic E-state index is 12.8. The monoisotopic (exact) mass is 1210 g/mol. The number of nitrogens with zero attached hydrogens (tertiary/aromatic N) is 4. The second kappa shape index (κ2) is 34.2. The molecule has 2 aromatic rings. The normalized spacial score (nSPS) is 23.8. The Bertz CT molecular complexity index is 2320. The highest BCUT2D eigenvalue weighted by Crippen LogP contribution is 2.61. The average Bonchev–Trinajstić information content (AvgIpc) is 4.03. The predicted molar refractivity (Wildman–Crippen MR) is 287 cm³/mol. The first-order chi connectivity index (χ1) is 37.3. The van der Waals surface area contributed by atoms with Crippen molar-refractivity contribution in [3.8, 4) is 0 Å². The van der Waals surface area contributed by atoms with Crippen LogP contribution < -0.4 is 16.4 Å². The van der Waals surface area contributed by atoms with E-state index in [1.807, 2.05) is 0 Å². The molecule has 4 rings (SSSR count). The topological polar surface area (TPSA) is 423 Å². The second-order valence-corrected chi connectivity index (χ2v) is 25.9. The molecule has 2 amide bonds. The summed E-state index contributed by atoms with van der Waals surface area (Å²) in [6.07, 6.45) is 11.3. The Hall–Kier alpha value is -2.60. The van der Waals surface area contributed by atoms with Crippen LogP contribution in [0.15, 0.2) is 12.7 Å². The molecule has 4 heterocycles. The van der Waals surface area contributed by atoms with E-state index in [-0.39, 0.29) is 54.1 Å². The standard InChI is InChI=1S/C47H84N7O21P3S/c1-32-33(55)27-34(56)46(72-32)69-25-20-18-16-14-12-10-8-6-4-5-7-9-11-13-15-17-19-21-37(58)79-26-24-49-36(57)22-23-50-44(61)41(60)47(2,3)29-71-78(67,68)75-77(65,66)70-28-35-40(74-76(62,63)64)39(59)45(73-35)54-31-53-38-42(48)51-30-52-43(38)54/h30-35,39-41,45-46,55-56,59-60H,4-29H2,1-3H3,(H,49,57)(H,50,61)(H,65,66)(H,67,68)(H2,48,51,52)(H2,62,63,64)/t32-,33+,34+,35+,39+,40+,41-,45+,46+/m0/s1. The van der Waals surface area contributed by atoms with Gasteiger partial charge in [0.25, 0.3) is 0 Å². The molecule has 28 nitrogen and oxygen atoms in total. The molecule has 79 heavy (non-hydrogen) atoms. The number of fused-ring (bicyclic) bond motifs is 1. The number of carbonyl (C=O) groups excluding carboxylic acids is 3. The fourth-order valence-corrected chi connectivity index (χ4v) is 12.2. The van der Waals surface area contributed by atoms with Gasteiger partial charge in [-0.05, 0) is 19.8 Å². The van der Waals surface area contributed by atoms with E-state index in [1.54, 1.807) is 6.92 Å². The average molecular weight is 1210 g/mol. The number of hydrogen-bond donors (Lipinski definition) is 11. The molecule has 2 fully saturated rings. The number of amides is 2. The van der Waals surface area contributed by atoms with Crippen LogP contribution >= 0.6 is 35.2 Å². The molecule has 0 aromatic carbocycles. The van der Waals surface area contributed by atoms with Gasteiger partial charge in [-0.3, -0.25) is 32.5 Å². The summed E-state index contributed by atoms with van der Waals surface area (Å²) in [5.41, 5.74) is 4.28. The van der Waals surface area contributed by atoms with Crippen LogP contribution in [0.2, 0.25) is 0 Å². The second-order valence-electron chi connectivity index (χ2n) is 20.5. The van der Waals surface area contributed by atoms with Gasteiger partial charge in [0.15, 0.2) is 29.1 Å². The minimum absolute atomic E-state index is 0.0295. The number of thioether (sulfide) groups is 1. The number of ether oxygens (including phenoxy) is 3. The van der Waals surface area contributed by atoms with Crippen LogP contribution in [-0.4, -0.2) is 164 Å². The lowest BCUT2D eigenvalue weighted by Crippen LogP contribution is -2.47. The molecule has 2 aromatic heterocycles. The summed E-state index contributed by atoms with van der Waals surface area (Å²) in [4.78, 5) is 88.7. The molecular weight excluding hydrogens is 1120 g/mol. The van der Waals surface area contributed by atoms with Gasteiger partial charge in [0, 0.05) is 50.1 Å². The number of aromatic nitrogens is 4. The molecule has 0 aliphatic carbocycles. The number of unbranched alkanes of at least 4 members (excludes halogenated alkanes) is 16. The van der Waals surface area contributed by atoms with Crippen molar-refractivity contribution in [3.05, 3.63) is 12.7 Å². The zero-order valence-electron chi connectivity index (χ0n) is 45.2. The number of anilines is 1. The van der Waals surface area contributed by atoms with Gasteiger partial charge in [-0.2, -0.15) is 4.31 Å². The summed E-state index contributed by atoms with van der Waals surface area (Å²) in [5.74, 6) is -1.06. The number of rotatable bonds is 40. The van der Waals surface area contributed by atoms with E-state index in [4.69, 9.17) is 29.0 Å². The van der Waals surface area contributed by atoms with E-state index in [0.717, 1.165) is 67.5 Å². The third-order valence-electron chi connectivity index (χ3n) is 13.3. The predicted octanol–water partition coefficient (Wildman–Crippen LogP) is 4.56. The molecule has 32 heteroatoms. The third kappa shape index (κ3) is 25.4. The lowest BCUT2D eigenvalue weighted by molar-refractivity contribution is -0.261. The van der Waals surface area contributed by atoms with Gasteiger partial charge in [-0.25, -0.2) is 28.6 Å². The summed E-state index contributed by atoms with van der Waals surface area (Å²) < 4.78 is 73.8. The Morgan fingerprint density at radius 1 is 0.797 bits per heavy atom. The number of phosphoric acid groups is 3. The molecule has 12 N–H and O–H groups in total. The first kappa shape index (κ1) is 68.9. The van der Waals surface area contributed by atoms with E-state index in [2.05, 4.69) is 34.4 Å². The zero-order chi connectivity index (χ0) is 58.2. The van der Waals surface area contributed by atoms with Crippen LogP contribution in [0.1, 0.15) is 155 Å². The van der Waals surface area contributed by atoms with Crippen LogP contribution in [0.3, 0.4) is 0 Å². The van der Waals surface area contributed by atoms with E-state index in [9.17, 15) is 68.1 Å². The third-order valence-corrected chi connectivity index (χ3v) is 17.3. The number of nitrogens with two attached hydrogens (primary N) is 1. The lowest BCUT2D eigenvalue weighted by Gasteiger charge is -2.35. The summed E-state index contributed by atoms with van der Waals surface area (Å²) >= 11 is 1.14. The Morgan fingerprint density at radius 2 is 1.38 bits per heavy atom. The largest absolute Gasteiger partial charge is 0.481 e. The van der Waals surface area contributed by atoms with Crippen molar-refractivity contribution >= 4 is 69.1 Å². The maximum Gasteiger partial charge on any atom is 0.481 e. The van der Waals surface area contributed by atoms with Gasteiger partial charge in [0.1, 0.15) is 42.4 Å². The molecule has 2 aliphatic rings. The van der Waals surface area contributed by atoms with Crippen molar-refractivity contribution < 1.29 is 100 Å². The first-order valence-corrected chi connectivity index (χ1v) is 32.5. The number of aliphatic hydroxyl groups is 4. The Morgan fingerprint density at radius 3 is 1.99 bits per heavy atom. The van der Waals surface area contributed by atoms with Gasteiger partial charge in [-0.15, -0.1) is 0 Å². The quantitative estimate of drug-likeness (QED) is 0.0322. The fraction of sp³-hybridized carbons (Fsp3) is 0.830. The smallest absolute Gasteiger partial charge is 0.390 e. The Labute approximate surface area is 464 Å². The van der Waals surface area contributed by atoms with E-state index < -0.39 is 103 Å². The highest BCUT2D eigenvalue weighted by atomic mass is 32.2. The maximum absolute atomic E-state index is 12.8. The zero-order valence-corrected chi connectivity index (χ0v) is 48.7. The number of phosphoric ester groups is 3. The molecule has 2 saturated heterocycles. The molecule has 2 unspecified atom stereocenters. The Balaban J connectivity index is 0.962. The number of hydrogen-bond acceptors (Lipinski definition) is 22. The lowest BCUT2D eigenvalue weighted by atomic mass is 9.87. The molecule has 0 saturated carbocycles. The summed E-state index contributed by atoms with van der Waals surface area (Å²) in [6, 6.07) is 0. The Kier molecular flexibility index (Phi) is 29.9. The number of aliphatic hydroxyl groups excluding tert-OH is 4. The van der Waals surface area contributed by atoms with Gasteiger partial charge in [0.05, 0.1) is 31.7 Å². The van der Waals surface area contributed by atoms with Crippen LogP contribution in [0.4, 0.5) is 5.82 Å². The first-order valence-electron chi connectivity index (χ1n) is 27.0. The van der Waals surface area contributed by atoms with Crippen molar-refractivity contribution in [1.82, 2.24) is 30.2 Å². The molecule has 0 radical (unpaired) electrons. The van der Waals surface area contributed by atoms with Crippen molar-refractivity contribution in [2.45, 2.75) is 204 Å². The molecule has 454 valence electrons. The van der Waals surface area contributed by atoms with Crippen LogP contribution in [0.25, 0.3) is 11.2 Å². The van der Waals surface area contributed by atoms with E-state index in [1.165, 1.54) is 84.5 Å². The molecule has 2 aliphatic heterocycles. The summed E-state index contributed by atoms with van der Waals surface area (Å²) in [6.45, 7) is 2.88.